The average Bonchev–Trinajstić information content (AvgIpc) is 2.50. The molecule has 0 aliphatic heterocycles. The van der Waals surface area contributed by atoms with E-state index in [2.05, 4.69) is 4.98 Å². The molecule has 0 saturated heterocycles. The number of aromatic nitrogens is 2. The van der Waals surface area contributed by atoms with E-state index in [4.69, 9.17) is 15.2 Å². The van der Waals surface area contributed by atoms with Crippen molar-refractivity contribution in [3.63, 3.8) is 0 Å². The Morgan fingerprint density at radius 2 is 1.96 bits per heavy atom. The van der Waals surface area contributed by atoms with E-state index in [0.717, 1.165) is 0 Å². The minimum Gasteiger partial charge on any atom is -0.385 e. The molecule has 0 aromatic carbocycles. The van der Waals surface area contributed by atoms with E-state index in [9.17, 15) is 14.4 Å². The number of ether oxygens (including phenoxy) is 2. The van der Waals surface area contributed by atoms with Gasteiger partial charge in [0.2, 0.25) is 0 Å². The fourth-order valence-corrected chi connectivity index (χ4v) is 2.31. The molecule has 24 heavy (non-hydrogen) atoms. The van der Waals surface area contributed by atoms with Crippen LogP contribution < -0.4 is 21.9 Å². The Morgan fingerprint density at radius 3 is 2.50 bits per heavy atom. The number of anilines is 2. The van der Waals surface area contributed by atoms with E-state index in [1.54, 1.807) is 7.11 Å². The summed E-state index contributed by atoms with van der Waals surface area (Å²) in [5, 5.41) is 0. The number of carbonyl (C=O) groups is 1. The molecule has 0 fully saturated rings. The van der Waals surface area contributed by atoms with Crippen molar-refractivity contribution in [2.45, 2.75) is 26.8 Å². The van der Waals surface area contributed by atoms with Crippen LogP contribution in [0.1, 0.15) is 20.3 Å². The van der Waals surface area contributed by atoms with Gasteiger partial charge in [-0.1, -0.05) is 13.8 Å². The third-order valence-corrected chi connectivity index (χ3v) is 3.33. The largest absolute Gasteiger partial charge is 0.385 e. The van der Waals surface area contributed by atoms with E-state index in [-0.39, 0.29) is 30.6 Å². The highest BCUT2D eigenvalue weighted by Gasteiger charge is 2.24. The van der Waals surface area contributed by atoms with Crippen LogP contribution in [0.3, 0.4) is 0 Å². The van der Waals surface area contributed by atoms with Gasteiger partial charge in [-0.25, -0.2) is 4.79 Å². The van der Waals surface area contributed by atoms with Crippen LogP contribution in [0.25, 0.3) is 0 Å². The van der Waals surface area contributed by atoms with Crippen LogP contribution in [0, 0.1) is 5.92 Å². The first-order chi connectivity index (χ1) is 11.3. The Morgan fingerprint density at radius 1 is 1.29 bits per heavy atom. The lowest BCUT2D eigenvalue weighted by molar-refractivity contribution is -0.122. The first-order valence-electron chi connectivity index (χ1n) is 7.74. The van der Waals surface area contributed by atoms with Crippen molar-refractivity contribution in [1.29, 1.82) is 0 Å². The number of amides is 1. The molecular weight excluding hydrogens is 316 g/mol. The average molecular weight is 342 g/mol. The third-order valence-electron chi connectivity index (χ3n) is 3.33. The minimum atomic E-state index is -0.695. The lowest BCUT2D eigenvalue weighted by Gasteiger charge is -2.24. The molecule has 1 aromatic rings. The van der Waals surface area contributed by atoms with Gasteiger partial charge in [0.25, 0.3) is 11.5 Å². The molecule has 1 rings (SSSR count). The van der Waals surface area contributed by atoms with Crippen molar-refractivity contribution in [1.82, 2.24) is 9.55 Å². The Balaban J connectivity index is 3.37. The topological polar surface area (TPSA) is 120 Å². The summed E-state index contributed by atoms with van der Waals surface area (Å²) in [6.07, 6.45) is 0.508. The van der Waals surface area contributed by atoms with Crippen LogP contribution >= 0.6 is 0 Å². The van der Waals surface area contributed by atoms with E-state index >= 15 is 0 Å². The minimum absolute atomic E-state index is 0.0284. The van der Waals surface area contributed by atoms with Gasteiger partial charge in [0.05, 0.1) is 0 Å². The van der Waals surface area contributed by atoms with Gasteiger partial charge >= 0.3 is 5.69 Å². The number of carbonyl (C=O) groups excluding carboxylic acids is 1. The summed E-state index contributed by atoms with van der Waals surface area (Å²) >= 11 is 0. The normalized spacial score (nSPS) is 11.0. The SMILES string of the molecule is COCCCN(C(=O)COC)c1c(N)n(CC(C)C)c(=O)[nH]c1=O. The Labute approximate surface area is 140 Å². The summed E-state index contributed by atoms with van der Waals surface area (Å²) in [7, 11) is 2.93. The number of H-pyrrole nitrogens is 1. The summed E-state index contributed by atoms with van der Waals surface area (Å²) < 4.78 is 11.1. The predicted molar refractivity (Wildman–Crippen MR) is 91.3 cm³/mol. The zero-order valence-corrected chi connectivity index (χ0v) is 14.6. The van der Waals surface area contributed by atoms with E-state index < -0.39 is 17.2 Å². The standard InChI is InChI=1S/C15H26N4O5/c1-10(2)8-19-13(16)12(14(21)17-15(19)22)18(6-5-7-23-3)11(20)9-24-4/h10H,5-9,16H2,1-4H3,(H,17,21,22). The molecule has 0 atom stereocenters. The predicted octanol–water partition coefficient (Wildman–Crippen LogP) is -0.209. The molecule has 9 heteroatoms. The molecule has 136 valence electrons. The molecule has 1 aromatic heterocycles. The number of nitrogens with two attached hydrogens (primary N) is 1. The number of methoxy groups -OCH3 is 2. The van der Waals surface area contributed by atoms with Gasteiger partial charge in [-0.15, -0.1) is 0 Å². The molecular formula is C15H26N4O5. The van der Waals surface area contributed by atoms with E-state index in [0.29, 0.717) is 19.6 Å². The monoisotopic (exact) mass is 342 g/mol. The van der Waals surface area contributed by atoms with Gasteiger partial charge in [0.1, 0.15) is 12.4 Å². The summed E-state index contributed by atoms with van der Waals surface area (Å²) in [5.41, 5.74) is 4.73. The number of aromatic amines is 1. The summed E-state index contributed by atoms with van der Waals surface area (Å²) in [5.74, 6) is -0.305. The van der Waals surface area contributed by atoms with Gasteiger partial charge < -0.3 is 20.1 Å². The van der Waals surface area contributed by atoms with Crippen LogP contribution in [-0.4, -0.2) is 49.4 Å². The van der Waals surface area contributed by atoms with Crippen molar-refractivity contribution in [3.8, 4) is 0 Å². The maximum atomic E-state index is 12.3. The Hall–Kier alpha value is -2.13. The zero-order valence-electron chi connectivity index (χ0n) is 14.6. The van der Waals surface area contributed by atoms with Crippen molar-refractivity contribution in [2.75, 3.05) is 44.6 Å². The van der Waals surface area contributed by atoms with Crippen LogP contribution in [0.2, 0.25) is 0 Å². The molecule has 1 heterocycles. The first kappa shape index (κ1) is 19.9. The van der Waals surface area contributed by atoms with Gasteiger partial charge in [-0.2, -0.15) is 0 Å². The molecule has 0 radical (unpaired) electrons. The second-order valence-corrected chi connectivity index (χ2v) is 5.82. The van der Waals surface area contributed by atoms with Crippen molar-refractivity contribution < 1.29 is 14.3 Å². The highest BCUT2D eigenvalue weighted by atomic mass is 16.5. The Kier molecular flexibility index (Phi) is 7.66. The lowest BCUT2D eigenvalue weighted by Crippen LogP contribution is -2.43. The molecule has 0 aliphatic rings. The van der Waals surface area contributed by atoms with Crippen LogP contribution in [0.15, 0.2) is 9.59 Å². The molecule has 1 amide bonds. The van der Waals surface area contributed by atoms with Gasteiger partial charge in [-0.3, -0.25) is 19.1 Å². The van der Waals surface area contributed by atoms with Crippen LogP contribution in [-0.2, 0) is 20.8 Å². The number of nitrogen functional groups attached to an aromatic ring is 1. The smallest absolute Gasteiger partial charge is 0.330 e. The molecule has 0 aliphatic carbocycles. The number of nitrogens with one attached hydrogen (secondary N) is 1. The fourth-order valence-electron chi connectivity index (χ4n) is 2.31. The maximum absolute atomic E-state index is 12.3. The van der Waals surface area contributed by atoms with E-state index in [1.165, 1.54) is 16.6 Å². The molecule has 0 unspecified atom stereocenters. The van der Waals surface area contributed by atoms with Crippen molar-refractivity contribution in [2.24, 2.45) is 5.92 Å². The number of hydrogen-bond donors (Lipinski definition) is 2. The van der Waals surface area contributed by atoms with Gasteiger partial charge in [0.15, 0.2) is 5.69 Å². The number of nitrogens with zero attached hydrogens (tertiary/aromatic N) is 2. The highest BCUT2D eigenvalue weighted by Crippen LogP contribution is 2.18. The quantitative estimate of drug-likeness (QED) is 0.599. The second-order valence-electron chi connectivity index (χ2n) is 5.82. The van der Waals surface area contributed by atoms with Gasteiger partial charge in [0, 0.05) is 33.9 Å². The third kappa shape index (κ3) is 4.93. The summed E-state index contributed by atoms with van der Waals surface area (Å²) in [4.78, 5) is 40.1. The summed E-state index contributed by atoms with van der Waals surface area (Å²) in [6.45, 7) is 4.61. The zero-order chi connectivity index (χ0) is 18.3. The van der Waals surface area contributed by atoms with Crippen molar-refractivity contribution in [3.05, 3.63) is 20.8 Å². The molecule has 0 saturated carbocycles. The fraction of sp³-hybridized carbons (Fsp3) is 0.667. The lowest BCUT2D eigenvalue weighted by atomic mass is 10.2. The molecule has 0 bridgehead atoms. The van der Waals surface area contributed by atoms with E-state index in [1.807, 2.05) is 13.8 Å². The molecule has 3 N–H and O–H groups in total. The number of hydrogen-bond acceptors (Lipinski definition) is 6. The maximum Gasteiger partial charge on any atom is 0.330 e. The highest BCUT2D eigenvalue weighted by molar-refractivity contribution is 5.96. The molecule has 9 nitrogen and oxygen atoms in total. The van der Waals surface area contributed by atoms with Crippen molar-refractivity contribution >= 4 is 17.4 Å². The Bertz CT molecular complexity index is 665. The van der Waals surface area contributed by atoms with Crippen LogP contribution in [0.5, 0.6) is 0 Å². The van der Waals surface area contributed by atoms with Crippen LogP contribution in [0.4, 0.5) is 11.5 Å². The molecule has 0 spiro atoms. The second kappa shape index (κ2) is 9.24. The number of rotatable bonds is 9. The van der Waals surface area contributed by atoms with Gasteiger partial charge in [-0.05, 0) is 12.3 Å². The first-order valence-corrected chi connectivity index (χ1v) is 7.74. The summed E-state index contributed by atoms with van der Waals surface area (Å²) in [6, 6.07) is 0.